The van der Waals surface area contributed by atoms with Crippen molar-refractivity contribution in [1.82, 2.24) is 0 Å². The van der Waals surface area contributed by atoms with Crippen molar-refractivity contribution in [2.45, 2.75) is 6.92 Å². The Morgan fingerprint density at radius 2 is 1.97 bits per heavy atom. The smallest absolute Gasteiger partial charge is 0.363 e. The number of cyclic esters (lactones) is 1. The Kier molecular flexibility index (Phi) is 7.36. The predicted molar refractivity (Wildman–Crippen MR) is 141 cm³/mol. The topological polar surface area (TPSA) is 117 Å². The highest BCUT2D eigenvalue weighted by Crippen LogP contribution is 2.36. The van der Waals surface area contributed by atoms with Crippen LogP contribution < -0.4 is 9.47 Å². The number of nitro benzene ring substituents is 1. The van der Waals surface area contributed by atoms with E-state index in [2.05, 4.69) is 4.99 Å². The highest BCUT2D eigenvalue weighted by atomic mass is 127. The minimum absolute atomic E-state index is 0.0232. The van der Waals surface area contributed by atoms with E-state index in [1.807, 2.05) is 35.6 Å². The molecule has 0 fully saturated rings. The van der Waals surface area contributed by atoms with Crippen molar-refractivity contribution >= 4 is 63.8 Å². The number of halogens is 2. The Hall–Kier alpha value is -3.77. The second-order valence-electron chi connectivity index (χ2n) is 7.55. The fourth-order valence-electron chi connectivity index (χ4n) is 3.32. The Labute approximate surface area is 223 Å². The van der Waals surface area contributed by atoms with Crippen molar-refractivity contribution in [2.75, 3.05) is 7.11 Å². The molecule has 0 spiro atoms. The molecule has 3 aromatic rings. The van der Waals surface area contributed by atoms with E-state index in [0.717, 1.165) is 5.56 Å². The van der Waals surface area contributed by atoms with Gasteiger partial charge in [-0.2, -0.15) is 0 Å². The van der Waals surface area contributed by atoms with Gasteiger partial charge in [0, 0.05) is 11.6 Å². The molecule has 11 heteroatoms. The van der Waals surface area contributed by atoms with Crippen LogP contribution in [0.15, 0.2) is 65.3 Å². The normalized spacial score (nSPS) is 13.8. The number of nitrogens with zero attached hydrogens (tertiary/aromatic N) is 2. The van der Waals surface area contributed by atoms with E-state index in [-0.39, 0.29) is 39.4 Å². The second kappa shape index (κ2) is 10.5. The molecule has 1 aliphatic rings. The number of hydrogen-bond acceptors (Lipinski definition) is 8. The lowest BCUT2D eigenvalue weighted by Crippen LogP contribution is -2.10. The first-order valence-electron chi connectivity index (χ1n) is 10.3. The number of carbonyl (C=O) groups excluding carboxylic acids is 2. The molecular weight excluding hydrogens is 603 g/mol. The molecule has 0 unspecified atom stereocenters. The van der Waals surface area contributed by atoms with Crippen molar-refractivity contribution in [2.24, 2.45) is 4.99 Å². The van der Waals surface area contributed by atoms with Crippen molar-refractivity contribution < 1.29 is 28.7 Å². The molecule has 1 heterocycles. The first-order chi connectivity index (χ1) is 17.2. The lowest BCUT2D eigenvalue weighted by atomic mass is 10.1. The van der Waals surface area contributed by atoms with Crippen LogP contribution in [0.1, 0.15) is 27.0 Å². The van der Waals surface area contributed by atoms with Gasteiger partial charge in [0.1, 0.15) is 5.02 Å². The number of nitro groups is 1. The van der Waals surface area contributed by atoms with Crippen LogP contribution in [-0.2, 0) is 9.53 Å². The van der Waals surface area contributed by atoms with E-state index in [9.17, 15) is 19.7 Å². The molecule has 9 nitrogen and oxygen atoms in total. The number of benzene rings is 3. The summed E-state index contributed by atoms with van der Waals surface area (Å²) in [7, 11) is 1.43. The van der Waals surface area contributed by atoms with Gasteiger partial charge >= 0.3 is 11.9 Å². The predicted octanol–water partition coefficient (Wildman–Crippen LogP) is 5.73. The van der Waals surface area contributed by atoms with Gasteiger partial charge in [0.25, 0.3) is 5.69 Å². The van der Waals surface area contributed by atoms with Crippen molar-refractivity contribution in [3.8, 4) is 11.5 Å². The summed E-state index contributed by atoms with van der Waals surface area (Å²) < 4.78 is 16.8. The average molecular weight is 619 g/mol. The first-order valence-corrected chi connectivity index (χ1v) is 11.7. The summed E-state index contributed by atoms with van der Waals surface area (Å²) in [6.45, 7) is 1.87. The lowest BCUT2D eigenvalue weighted by Gasteiger charge is -2.12. The van der Waals surface area contributed by atoms with Gasteiger partial charge in [-0.15, -0.1) is 0 Å². The SMILES string of the molecule is COc1cc(/C=C2\N=C(c3ccc(Cl)c([N+](=O)[O-])c3)OC2=O)cc(I)c1OC(=O)c1cccc(C)c1. The van der Waals surface area contributed by atoms with E-state index in [4.69, 9.17) is 25.8 Å². The molecule has 0 aromatic heterocycles. The number of rotatable bonds is 6. The number of aliphatic imine (C=N–C) groups is 1. The van der Waals surface area contributed by atoms with Gasteiger partial charge in [-0.3, -0.25) is 10.1 Å². The highest BCUT2D eigenvalue weighted by Gasteiger charge is 2.26. The fourth-order valence-corrected chi connectivity index (χ4v) is 4.24. The molecule has 0 bridgehead atoms. The van der Waals surface area contributed by atoms with Gasteiger partial charge in [-0.1, -0.05) is 29.3 Å². The van der Waals surface area contributed by atoms with Crippen LogP contribution in [-0.4, -0.2) is 29.9 Å². The van der Waals surface area contributed by atoms with Crippen LogP contribution in [0.5, 0.6) is 11.5 Å². The maximum atomic E-state index is 12.6. The van der Waals surface area contributed by atoms with Crippen LogP contribution in [0.25, 0.3) is 6.08 Å². The summed E-state index contributed by atoms with van der Waals surface area (Å²) in [5.41, 5.74) is 1.73. The Bertz CT molecular complexity index is 1480. The molecule has 1 aliphatic heterocycles. The van der Waals surface area contributed by atoms with Crippen molar-refractivity contribution in [1.29, 1.82) is 0 Å². The zero-order valence-electron chi connectivity index (χ0n) is 18.8. The Morgan fingerprint density at radius 3 is 2.67 bits per heavy atom. The van der Waals surface area contributed by atoms with Crippen molar-refractivity contribution in [3.05, 3.63) is 101 Å². The van der Waals surface area contributed by atoms with Gasteiger partial charge in [-0.05, 0) is 77.6 Å². The zero-order chi connectivity index (χ0) is 26.0. The molecule has 0 saturated carbocycles. The Morgan fingerprint density at radius 1 is 1.19 bits per heavy atom. The molecule has 0 aliphatic carbocycles. The minimum atomic E-state index is -0.730. The second-order valence-corrected chi connectivity index (χ2v) is 9.12. The van der Waals surface area contributed by atoms with Crippen LogP contribution >= 0.6 is 34.2 Å². The summed E-state index contributed by atoms with van der Waals surface area (Å²) in [4.78, 5) is 39.7. The molecule has 0 amide bonds. The lowest BCUT2D eigenvalue weighted by molar-refractivity contribution is -0.384. The van der Waals surface area contributed by atoms with Gasteiger partial charge in [-0.25, -0.2) is 14.6 Å². The number of methoxy groups -OCH3 is 1. The molecule has 0 radical (unpaired) electrons. The van der Waals surface area contributed by atoms with Gasteiger partial charge in [0.2, 0.25) is 5.90 Å². The highest BCUT2D eigenvalue weighted by molar-refractivity contribution is 14.1. The van der Waals surface area contributed by atoms with E-state index in [0.29, 0.717) is 14.7 Å². The molecule has 36 heavy (non-hydrogen) atoms. The molecule has 0 saturated heterocycles. The molecule has 4 rings (SSSR count). The summed E-state index contributed by atoms with van der Waals surface area (Å²) in [6.07, 6.45) is 1.47. The maximum absolute atomic E-state index is 12.6. The average Bonchev–Trinajstić information content (AvgIpc) is 3.20. The number of ether oxygens (including phenoxy) is 3. The number of hydrogen-bond donors (Lipinski definition) is 0. The van der Waals surface area contributed by atoms with E-state index < -0.39 is 16.9 Å². The molecule has 182 valence electrons. The summed E-state index contributed by atoms with van der Waals surface area (Å²) >= 11 is 7.84. The number of carbonyl (C=O) groups is 2. The first kappa shape index (κ1) is 25.3. The standard InChI is InChI=1S/C25H16ClIN2O7/c1-13-4-3-5-16(8-13)24(30)35-22-18(27)9-14(11-21(22)34-2)10-19-25(31)36-23(28-19)15-6-7-17(26)20(12-15)29(32)33/h3-12H,1-2H3/b19-10-. The van der Waals surface area contributed by atoms with Gasteiger partial charge in [0.15, 0.2) is 17.2 Å². The number of aryl methyl sites for hydroxylation is 1. The third-order valence-corrected chi connectivity index (χ3v) is 6.13. The Balaban J connectivity index is 1.64. The summed E-state index contributed by atoms with van der Waals surface area (Å²) in [6, 6.07) is 14.3. The summed E-state index contributed by atoms with van der Waals surface area (Å²) in [5, 5.41) is 11.1. The molecule has 0 atom stereocenters. The monoisotopic (exact) mass is 618 g/mol. The summed E-state index contributed by atoms with van der Waals surface area (Å²) in [5.74, 6) is -0.841. The van der Waals surface area contributed by atoms with E-state index in [1.54, 1.807) is 30.3 Å². The van der Waals surface area contributed by atoms with Crippen LogP contribution in [0.2, 0.25) is 5.02 Å². The van der Waals surface area contributed by atoms with Crippen LogP contribution in [0.4, 0.5) is 5.69 Å². The molecular formula is C25H16ClIN2O7. The van der Waals surface area contributed by atoms with Crippen molar-refractivity contribution in [3.63, 3.8) is 0 Å². The zero-order valence-corrected chi connectivity index (χ0v) is 21.7. The largest absolute Gasteiger partial charge is 0.493 e. The third-order valence-electron chi connectivity index (χ3n) is 5.01. The quantitative estimate of drug-likeness (QED) is 0.0864. The van der Waals surface area contributed by atoms with E-state index >= 15 is 0 Å². The number of esters is 2. The third kappa shape index (κ3) is 5.39. The maximum Gasteiger partial charge on any atom is 0.363 e. The van der Waals surface area contributed by atoms with Gasteiger partial charge < -0.3 is 14.2 Å². The molecule has 3 aromatic carbocycles. The van der Waals surface area contributed by atoms with Gasteiger partial charge in [0.05, 0.1) is 21.2 Å². The minimum Gasteiger partial charge on any atom is -0.493 e. The van der Waals surface area contributed by atoms with E-state index in [1.165, 1.54) is 31.4 Å². The fraction of sp³-hybridized carbons (Fsp3) is 0.0800. The van der Waals surface area contributed by atoms with Crippen LogP contribution in [0.3, 0.4) is 0 Å². The molecule has 0 N–H and O–H groups in total. The van der Waals surface area contributed by atoms with Crippen LogP contribution in [0, 0.1) is 20.6 Å².